The second kappa shape index (κ2) is 6.67. The Kier molecular flexibility index (Phi) is 4.55. The van der Waals surface area contributed by atoms with Crippen molar-refractivity contribution in [3.8, 4) is 11.3 Å². The normalized spacial score (nSPS) is 12.4. The van der Waals surface area contributed by atoms with E-state index >= 15 is 0 Å². The van der Waals surface area contributed by atoms with E-state index in [-0.39, 0.29) is 11.0 Å². The number of rotatable bonds is 4. The number of carbonyl (C=O) groups is 1. The summed E-state index contributed by atoms with van der Waals surface area (Å²) in [6.45, 7) is 6.21. The molecule has 0 saturated carbocycles. The Balaban J connectivity index is 2.16. The Morgan fingerprint density at radius 2 is 1.96 bits per heavy atom. The van der Waals surface area contributed by atoms with Crippen molar-refractivity contribution in [3.63, 3.8) is 0 Å². The number of hydrogen-bond acceptors (Lipinski definition) is 4. The molecule has 134 valence electrons. The molecule has 0 amide bonds. The molecule has 0 unspecified atom stereocenters. The molecular weight excluding hydrogens is 330 g/mol. The zero-order chi connectivity index (χ0) is 18.9. The van der Waals surface area contributed by atoms with Gasteiger partial charge in [-0.25, -0.2) is 4.79 Å². The summed E-state index contributed by atoms with van der Waals surface area (Å²) in [7, 11) is 1.43. The highest BCUT2D eigenvalue weighted by Gasteiger charge is 2.20. The summed E-state index contributed by atoms with van der Waals surface area (Å²) < 4.78 is 10.5. The summed E-state index contributed by atoms with van der Waals surface area (Å²) in [4.78, 5) is 11.6. The summed E-state index contributed by atoms with van der Waals surface area (Å²) in [5, 5.41) is 15.4. The van der Waals surface area contributed by atoms with Gasteiger partial charge >= 0.3 is 5.97 Å². The molecule has 3 aromatic rings. The van der Waals surface area contributed by atoms with Crippen LogP contribution >= 0.6 is 0 Å². The van der Waals surface area contributed by atoms with Gasteiger partial charge in [0.1, 0.15) is 5.57 Å². The van der Waals surface area contributed by atoms with E-state index in [1.165, 1.54) is 13.4 Å². The molecule has 0 aliphatic heterocycles. The van der Waals surface area contributed by atoms with Gasteiger partial charge in [0.25, 0.3) is 0 Å². The average molecular weight is 351 g/mol. The third-order valence-corrected chi connectivity index (χ3v) is 4.20. The number of ether oxygens (including phenoxy) is 1. The topological polar surface area (TPSA) is 72.6 Å². The molecule has 0 saturated heterocycles. The maximum Gasteiger partial charge on any atom is 0.339 e. The minimum absolute atomic E-state index is 0.100. The fourth-order valence-electron chi connectivity index (χ4n) is 2.77. The number of benzene rings is 2. The highest BCUT2D eigenvalue weighted by molar-refractivity contribution is 6.19. The Labute approximate surface area is 151 Å². The van der Waals surface area contributed by atoms with Crippen molar-refractivity contribution in [3.05, 3.63) is 60.0 Å². The van der Waals surface area contributed by atoms with Crippen molar-refractivity contribution in [2.45, 2.75) is 26.2 Å². The number of nitrogens with zero attached hydrogens (tertiary/aromatic N) is 1. The monoisotopic (exact) mass is 351 g/mol. The number of carboxylic acid groups (broad SMARTS) is 1. The van der Waals surface area contributed by atoms with Crippen molar-refractivity contribution in [1.29, 1.82) is 0 Å². The highest BCUT2D eigenvalue weighted by Crippen LogP contribution is 2.32. The van der Waals surface area contributed by atoms with E-state index in [1.807, 2.05) is 36.4 Å². The molecule has 0 radical (unpaired) electrons. The molecule has 0 bridgehead atoms. The van der Waals surface area contributed by atoms with Gasteiger partial charge in [-0.05, 0) is 22.4 Å². The molecule has 0 aliphatic carbocycles. The van der Waals surface area contributed by atoms with Gasteiger partial charge in [-0.2, -0.15) is 0 Å². The second-order valence-electron chi connectivity index (χ2n) is 7.14. The molecular formula is C21H21NO4. The Morgan fingerprint density at radius 1 is 1.19 bits per heavy atom. The van der Waals surface area contributed by atoms with Crippen LogP contribution in [-0.4, -0.2) is 23.3 Å². The molecule has 3 rings (SSSR count). The van der Waals surface area contributed by atoms with Crippen LogP contribution in [0.5, 0.6) is 0 Å². The third kappa shape index (κ3) is 3.33. The van der Waals surface area contributed by atoms with Crippen molar-refractivity contribution < 1.29 is 19.2 Å². The van der Waals surface area contributed by atoms with Gasteiger partial charge < -0.3 is 14.4 Å². The second-order valence-corrected chi connectivity index (χ2v) is 7.14. The lowest BCUT2D eigenvalue weighted by Crippen LogP contribution is -2.10. The number of hydrogen-bond donors (Lipinski definition) is 1. The summed E-state index contributed by atoms with van der Waals surface area (Å²) >= 11 is 0. The van der Waals surface area contributed by atoms with E-state index in [0.29, 0.717) is 11.3 Å². The summed E-state index contributed by atoms with van der Waals surface area (Å²) in [5.74, 6) is -0.390. The van der Waals surface area contributed by atoms with Crippen LogP contribution in [0.1, 0.15) is 32.0 Å². The molecule has 0 fully saturated rings. The van der Waals surface area contributed by atoms with Gasteiger partial charge in [0.2, 0.25) is 0 Å². The van der Waals surface area contributed by atoms with Crippen molar-refractivity contribution >= 4 is 22.3 Å². The summed E-state index contributed by atoms with van der Waals surface area (Å²) in [6, 6.07) is 13.3. The molecule has 1 heterocycles. The first-order valence-corrected chi connectivity index (χ1v) is 8.28. The van der Waals surface area contributed by atoms with Crippen LogP contribution in [0.15, 0.2) is 53.2 Å². The van der Waals surface area contributed by atoms with Crippen LogP contribution in [0.25, 0.3) is 27.7 Å². The molecule has 2 aromatic carbocycles. The quantitative estimate of drug-likeness (QED) is 0.536. The average Bonchev–Trinajstić information content (AvgIpc) is 3.09. The number of aromatic nitrogens is 1. The van der Waals surface area contributed by atoms with E-state index in [9.17, 15) is 9.90 Å². The number of fused-ring (bicyclic) bond motifs is 1. The number of aliphatic carboxylic acids is 1. The predicted molar refractivity (Wildman–Crippen MR) is 101 cm³/mol. The fraction of sp³-hybridized carbons (Fsp3) is 0.238. The lowest BCUT2D eigenvalue weighted by molar-refractivity contribution is -0.130. The minimum atomic E-state index is -1.04. The Morgan fingerprint density at radius 3 is 2.58 bits per heavy atom. The zero-order valence-electron chi connectivity index (χ0n) is 15.2. The van der Waals surface area contributed by atoms with Crippen molar-refractivity contribution in [1.82, 2.24) is 5.16 Å². The lowest BCUT2D eigenvalue weighted by Gasteiger charge is -2.12. The van der Waals surface area contributed by atoms with Crippen molar-refractivity contribution in [2.24, 2.45) is 0 Å². The zero-order valence-corrected chi connectivity index (χ0v) is 15.2. The first-order chi connectivity index (χ1) is 12.3. The SMILES string of the molecule is COC=C(C(=O)O)c1cccc2ccc(-c3cc(C(C)(C)C)no3)cc12. The fourth-order valence-corrected chi connectivity index (χ4v) is 2.77. The molecule has 0 atom stereocenters. The van der Waals surface area contributed by atoms with E-state index in [4.69, 9.17) is 9.26 Å². The van der Waals surface area contributed by atoms with Crippen LogP contribution in [0.2, 0.25) is 0 Å². The standard InChI is InChI=1S/C21H21NO4/c1-21(2,3)19-11-18(26-22-19)14-9-8-13-6-5-7-15(16(13)10-14)17(12-25-4)20(23)24/h5-12H,1-4H3,(H,23,24). The summed E-state index contributed by atoms with van der Waals surface area (Å²) in [6.07, 6.45) is 1.25. The van der Waals surface area contributed by atoms with Crippen LogP contribution < -0.4 is 0 Å². The molecule has 0 spiro atoms. The molecule has 0 aliphatic rings. The smallest absolute Gasteiger partial charge is 0.339 e. The third-order valence-electron chi connectivity index (χ3n) is 4.20. The molecule has 1 aromatic heterocycles. The molecule has 5 heteroatoms. The van der Waals surface area contributed by atoms with E-state index < -0.39 is 5.97 Å². The largest absolute Gasteiger partial charge is 0.503 e. The summed E-state index contributed by atoms with van der Waals surface area (Å²) in [5.41, 5.74) is 2.29. The minimum Gasteiger partial charge on any atom is -0.503 e. The van der Waals surface area contributed by atoms with Gasteiger partial charge in [0, 0.05) is 17.0 Å². The maximum absolute atomic E-state index is 11.6. The van der Waals surface area contributed by atoms with Gasteiger partial charge in [0.15, 0.2) is 5.76 Å². The van der Waals surface area contributed by atoms with Crippen molar-refractivity contribution in [2.75, 3.05) is 7.11 Å². The van der Waals surface area contributed by atoms with E-state index in [2.05, 4.69) is 25.9 Å². The predicted octanol–water partition coefficient (Wildman–Crippen LogP) is 4.86. The number of methoxy groups -OCH3 is 1. The lowest BCUT2D eigenvalue weighted by atomic mass is 9.91. The van der Waals surface area contributed by atoms with Gasteiger partial charge in [-0.1, -0.05) is 56.3 Å². The first-order valence-electron chi connectivity index (χ1n) is 8.28. The Hall–Kier alpha value is -3.08. The Bertz CT molecular complexity index is 993. The molecule has 1 N–H and O–H groups in total. The van der Waals surface area contributed by atoms with Gasteiger partial charge in [-0.3, -0.25) is 0 Å². The van der Waals surface area contributed by atoms with E-state index in [0.717, 1.165) is 22.0 Å². The van der Waals surface area contributed by atoms with Crippen LogP contribution in [0.4, 0.5) is 0 Å². The highest BCUT2D eigenvalue weighted by atomic mass is 16.5. The van der Waals surface area contributed by atoms with Gasteiger partial charge in [-0.15, -0.1) is 0 Å². The molecule has 5 nitrogen and oxygen atoms in total. The maximum atomic E-state index is 11.6. The first kappa shape index (κ1) is 17.7. The molecule has 26 heavy (non-hydrogen) atoms. The van der Waals surface area contributed by atoms with Crippen LogP contribution in [-0.2, 0) is 14.9 Å². The van der Waals surface area contributed by atoms with E-state index in [1.54, 1.807) is 6.07 Å². The van der Waals surface area contributed by atoms with Crippen LogP contribution in [0.3, 0.4) is 0 Å². The van der Waals surface area contributed by atoms with Crippen LogP contribution in [0, 0.1) is 0 Å². The number of carboxylic acids is 1. The van der Waals surface area contributed by atoms with Gasteiger partial charge in [0.05, 0.1) is 19.1 Å².